The van der Waals surface area contributed by atoms with Gasteiger partial charge >= 0.3 is 0 Å². The summed E-state index contributed by atoms with van der Waals surface area (Å²) < 4.78 is 1.62. The number of nitrogens with zero attached hydrogens (tertiary/aromatic N) is 3. The van der Waals surface area contributed by atoms with Crippen LogP contribution in [-0.4, -0.2) is 30.9 Å². The van der Waals surface area contributed by atoms with Gasteiger partial charge in [-0.2, -0.15) is 5.10 Å². The van der Waals surface area contributed by atoms with E-state index < -0.39 is 5.25 Å². The Labute approximate surface area is 168 Å². The van der Waals surface area contributed by atoms with Gasteiger partial charge in [0.15, 0.2) is 10.8 Å². The van der Waals surface area contributed by atoms with Gasteiger partial charge in [0.05, 0.1) is 23.7 Å². The molecule has 0 saturated carbocycles. The summed E-state index contributed by atoms with van der Waals surface area (Å²) in [5, 5.41) is 9.54. The average molecular weight is 412 g/mol. The Morgan fingerprint density at radius 1 is 1.29 bits per heavy atom. The van der Waals surface area contributed by atoms with Gasteiger partial charge in [0, 0.05) is 4.88 Å². The van der Waals surface area contributed by atoms with Crippen LogP contribution >= 0.6 is 23.1 Å². The van der Waals surface area contributed by atoms with Crippen LogP contribution in [0.15, 0.2) is 64.0 Å². The molecule has 7 nitrogen and oxygen atoms in total. The zero-order valence-corrected chi connectivity index (χ0v) is 16.6. The van der Waals surface area contributed by atoms with Crippen LogP contribution < -0.4 is 10.9 Å². The molecule has 0 spiro atoms. The number of benzene rings is 1. The highest BCUT2D eigenvalue weighted by Crippen LogP contribution is 2.21. The number of hydrogen-bond donors (Lipinski definition) is 2. The van der Waals surface area contributed by atoms with E-state index in [1.807, 2.05) is 47.8 Å². The van der Waals surface area contributed by atoms with Crippen molar-refractivity contribution in [2.24, 2.45) is 0 Å². The summed E-state index contributed by atoms with van der Waals surface area (Å²) in [7, 11) is 0. The number of aromatic amines is 1. The Hall–Kier alpha value is -2.91. The maximum atomic E-state index is 12.4. The van der Waals surface area contributed by atoms with Crippen molar-refractivity contribution in [1.82, 2.24) is 25.1 Å². The first-order chi connectivity index (χ1) is 13.6. The lowest BCUT2D eigenvalue weighted by atomic mass is 10.3. The van der Waals surface area contributed by atoms with Gasteiger partial charge in [-0.15, -0.1) is 11.3 Å². The molecule has 2 N–H and O–H groups in total. The fraction of sp³-hybridized carbons (Fsp3) is 0.158. The van der Waals surface area contributed by atoms with Gasteiger partial charge in [-0.1, -0.05) is 36.0 Å². The number of thioether (sulfide) groups is 1. The molecule has 28 heavy (non-hydrogen) atoms. The molecule has 142 valence electrons. The third-order valence-corrected chi connectivity index (χ3v) is 5.95. The lowest BCUT2D eigenvalue weighted by molar-refractivity contribution is -0.120. The normalized spacial score (nSPS) is 12.2. The fourth-order valence-corrected chi connectivity index (χ4v) is 4.13. The van der Waals surface area contributed by atoms with E-state index in [1.165, 1.54) is 18.0 Å². The van der Waals surface area contributed by atoms with Crippen LogP contribution in [0.4, 0.5) is 0 Å². The molecule has 1 amide bonds. The number of hydrogen-bond acceptors (Lipinski definition) is 6. The van der Waals surface area contributed by atoms with Gasteiger partial charge < -0.3 is 10.3 Å². The molecule has 1 aromatic carbocycles. The molecule has 0 saturated heterocycles. The average Bonchev–Trinajstić information content (AvgIpc) is 3.36. The summed E-state index contributed by atoms with van der Waals surface area (Å²) in [6, 6.07) is 13.4. The molecule has 0 unspecified atom stereocenters. The first-order valence-corrected chi connectivity index (χ1v) is 10.4. The van der Waals surface area contributed by atoms with Crippen molar-refractivity contribution in [3.05, 3.63) is 69.3 Å². The van der Waals surface area contributed by atoms with Crippen LogP contribution in [0.3, 0.4) is 0 Å². The Balaban J connectivity index is 1.55. The highest BCUT2D eigenvalue weighted by Gasteiger charge is 2.18. The largest absolute Gasteiger partial charge is 0.350 e. The summed E-state index contributed by atoms with van der Waals surface area (Å²) in [5.74, 6) is -0.113. The molecule has 9 heteroatoms. The molecule has 0 radical (unpaired) electrons. The summed E-state index contributed by atoms with van der Waals surface area (Å²) in [4.78, 5) is 33.1. The van der Waals surface area contributed by atoms with E-state index in [2.05, 4.69) is 20.4 Å². The summed E-state index contributed by atoms with van der Waals surface area (Å²) >= 11 is 2.80. The van der Waals surface area contributed by atoms with Crippen molar-refractivity contribution in [2.75, 3.05) is 0 Å². The van der Waals surface area contributed by atoms with Crippen molar-refractivity contribution in [1.29, 1.82) is 0 Å². The number of amides is 1. The van der Waals surface area contributed by atoms with E-state index in [1.54, 1.807) is 22.9 Å². The molecule has 3 aromatic heterocycles. The number of para-hydroxylation sites is 1. The minimum atomic E-state index is -0.409. The Bertz CT molecular complexity index is 1150. The summed E-state index contributed by atoms with van der Waals surface area (Å²) in [6.07, 6.45) is 1.50. The number of carbonyl (C=O) groups excluding carboxylic acids is 1. The molecule has 0 bridgehead atoms. The predicted molar refractivity (Wildman–Crippen MR) is 111 cm³/mol. The van der Waals surface area contributed by atoms with Crippen molar-refractivity contribution in [2.45, 2.75) is 23.9 Å². The summed E-state index contributed by atoms with van der Waals surface area (Å²) in [5.41, 5.74) is 0.998. The first-order valence-electron chi connectivity index (χ1n) is 8.62. The minimum absolute atomic E-state index is 0.113. The smallest absolute Gasteiger partial charge is 0.262 e. The highest BCUT2D eigenvalue weighted by atomic mass is 32.2. The number of thiophene rings is 1. The van der Waals surface area contributed by atoms with Crippen LogP contribution in [0.25, 0.3) is 16.7 Å². The molecule has 1 atom stereocenters. The lowest BCUT2D eigenvalue weighted by Crippen LogP contribution is -2.30. The number of nitrogens with one attached hydrogen (secondary N) is 2. The third-order valence-electron chi connectivity index (χ3n) is 4.09. The van der Waals surface area contributed by atoms with Crippen molar-refractivity contribution in [3.63, 3.8) is 0 Å². The zero-order valence-electron chi connectivity index (χ0n) is 15.0. The topological polar surface area (TPSA) is 92.7 Å². The highest BCUT2D eigenvalue weighted by molar-refractivity contribution is 8.00. The minimum Gasteiger partial charge on any atom is -0.350 e. The lowest BCUT2D eigenvalue weighted by Gasteiger charge is -2.11. The fourth-order valence-electron chi connectivity index (χ4n) is 2.66. The van der Waals surface area contributed by atoms with Gasteiger partial charge in [0.1, 0.15) is 5.39 Å². The van der Waals surface area contributed by atoms with Gasteiger partial charge in [0.2, 0.25) is 5.91 Å². The van der Waals surface area contributed by atoms with E-state index in [0.29, 0.717) is 22.7 Å². The maximum absolute atomic E-state index is 12.4. The van der Waals surface area contributed by atoms with E-state index in [-0.39, 0.29) is 11.5 Å². The van der Waals surface area contributed by atoms with Gasteiger partial charge in [-0.05, 0) is 30.5 Å². The standard InChI is InChI=1S/C19H17N5O2S2/c1-12(17(25)20-10-14-8-5-9-27-14)28-19-22-16-15(18(26)23-19)11-21-24(16)13-6-3-2-4-7-13/h2-9,11-12H,10H2,1H3,(H,20,25)(H,22,23,26)/t12-/m1/s1. The molecule has 0 aliphatic heterocycles. The third kappa shape index (κ3) is 3.85. The maximum Gasteiger partial charge on any atom is 0.262 e. The second-order valence-electron chi connectivity index (χ2n) is 6.06. The second kappa shape index (κ2) is 7.99. The van der Waals surface area contributed by atoms with Crippen molar-refractivity contribution in [3.8, 4) is 5.69 Å². The van der Waals surface area contributed by atoms with Crippen LogP contribution in [0.5, 0.6) is 0 Å². The van der Waals surface area contributed by atoms with E-state index in [0.717, 1.165) is 10.6 Å². The van der Waals surface area contributed by atoms with Gasteiger partial charge in [0.25, 0.3) is 5.56 Å². The van der Waals surface area contributed by atoms with Crippen LogP contribution in [0, 0.1) is 0 Å². The van der Waals surface area contributed by atoms with Crippen LogP contribution in [0.1, 0.15) is 11.8 Å². The number of rotatable bonds is 6. The Morgan fingerprint density at radius 3 is 2.86 bits per heavy atom. The van der Waals surface area contributed by atoms with Crippen LogP contribution in [-0.2, 0) is 11.3 Å². The van der Waals surface area contributed by atoms with E-state index >= 15 is 0 Å². The second-order valence-corrected chi connectivity index (χ2v) is 8.42. The summed E-state index contributed by atoms with van der Waals surface area (Å²) in [6.45, 7) is 2.28. The number of carbonyl (C=O) groups is 1. The van der Waals surface area contributed by atoms with Gasteiger partial charge in [-0.3, -0.25) is 9.59 Å². The van der Waals surface area contributed by atoms with E-state index in [9.17, 15) is 9.59 Å². The van der Waals surface area contributed by atoms with Crippen molar-refractivity contribution >= 4 is 40.0 Å². The van der Waals surface area contributed by atoms with Crippen LogP contribution in [0.2, 0.25) is 0 Å². The monoisotopic (exact) mass is 411 g/mol. The Morgan fingerprint density at radius 2 is 2.11 bits per heavy atom. The number of aromatic nitrogens is 4. The molecular weight excluding hydrogens is 394 g/mol. The quantitative estimate of drug-likeness (QED) is 0.376. The van der Waals surface area contributed by atoms with Crippen molar-refractivity contribution < 1.29 is 4.79 Å². The molecule has 0 aliphatic rings. The molecular formula is C19H17N5O2S2. The number of fused-ring (bicyclic) bond motifs is 1. The molecule has 4 aromatic rings. The molecule has 0 aliphatic carbocycles. The SMILES string of the molecule is C[C@@H](Sc1nc2c(cnn2-c2ccccc2)c(=O)[nH]1)C(=O)NCc1cccs1. The Kier molecular flexibility index (Phi) is 5.27. The molecule has 4 rings (SSSR count). The molecule has 3 heterocycles. The molecule has 0 fully saturated rings. The zero-order chi connectivity index (χ0) is 19.5. The predicted octanol–water partition coefficient (Wildman–Crippen LogP) is 2.97. The first kappa shape index (κ1) is 18.5. The van der Waals surface area contributed by atoms with E-state index in [4.69, 9.17) is 0 Å². The number of H-pyrrole nitrogens is 1. The van der Waals surface area contributed by atoms with Gasteiger partial charge in [-0.25, -0.2) is 9.67 Å².